The van der Waals surface area contributed by atoms with Crippen molar-refractivity contribution in [2.24, 2.45) is 4.99 Å². The van der Waals surface area contributed by atoms with Crippen molar-refractivity contribution in [1.29, 1.82) is 0 Å². The minimum atomic E-state index is -2.82. The number of nitrogens with zero attached hydrogens (tertiary/aromatic N) is 1. The molecule has 0 saturated carbocycles. The molecule has 1 heterocycles. The van der Waals surface area contributed by atoms with Crippen LogP contribution in [0.1, 0.15) is 19.8 Å². The Morgan fingerprint density at radius 2 is 2.36 bits per heavy atom. The third-order valence-electron chi connectivity index (χ3n) is 2.01. The quantitative estimate of drug-likeness (QED) is 0.744. The monoisotopic (exact) mass is 203 g/mol. The van der Waals surface area contributed by atoms with Gasteiger partial charge in [0, 0.05) is 6.04 Å². The lowest BCUT2D eigenvalue weighted by molar-refractivity contribution is -0.132. The van der Waals surface area contributed by atoms with Gasteiger partial charge in [-0.25, -0.2) is 13.6 Å². The molecule has 1 unspecified atom stereocenters. The SMILES string of the molecule is CC1CCC=C(C(=O)O)C(C(F)F)=N1. The molecule has 0 aromatic rings. The lowest BCUT2D eigenvalue weighted by atomic mass is 10.1. The fourth-order valence-electron chi connectivity index (χ4n) is 1.32. The summed E-state index contributed by atoms with van der Waals surface area (Å²) in [7, 11) is 0. The average Bonchev–Trinajstić information content (AvgIpc) is 2.26. The van der Waals surface area contributed by atoms with Gasteiger partial charge in [0.05, 0.1) is 5.57 Å². The Balaban J connectivity index is 3.05. The number of carboxylic acid groups (broad SMARTS) is 1. The molecule has 14 heavy (non-hydrogen) atoms. The van der Waals surface area contributed by atoms with Crippen LogP contribution < -0.4 is 0 Å². The van der Waals surface area contributed by atoms with Crippen molar-refractivity contribution in [2.45, 2.75) is 32.2 Å². The van der Waals surface area contributed by atoms with Crippen LogP contribution in [0.4, 0.5) is 8.78 Å². The number of hydrogen-bond acceptors (Lipinski definition) is 2. The van der Waals surface area contributed by atoms with Gasteiger partial charge in [0.2, 0.25) is 0 Å². The zero-order chi connectivity index (χ0) is 10.7. The van der Waals surface area contributed by atoms with Crippen LogP contribution in [-0.4, -0.2) is 29.3 Å². The molecule has 0 aliphatic carbocycles. The smallest absolute Gasteiger partial charge is 0.337 e. The summed E-state index contributed by atoms with van der Waals surface area (Å²) in [5, 5.41) is 8.69. The summed E-state index contributed by atoms with van der Waals surface area (Å²) >= 11 is 0. The first kappa shape index (κ1) is 10.8. The molecule has 0 aromatic heterocycles. The highest BCUT2D eigenvalue weighted by Gasteiger charge is 2.25. The van der Waals surface area contributed by atoms with E-state index in [1.54, 1.807) is 6.92 Å². The molecular formula is C9H11F2NO2. The topological polar surface area (TPSA) is 49.7 Å². The Morgan fingerprint density at radius 3 is 2.86 bits per heavy atom. The number of rotatable bonds is 2. The Labute approximate surface area is 80.1 Å². The fraction of sp³-hybridized carbons (Fsp3) is 0.556. The standard InChI is InChI=1S/C9H11F2NO2/c1-5-3-2-4-6(9(13)14)7(12-5)8(10)11/h4-5,8H,2-3H2,1H3,(H,13,14). The summed E-state index contributed by atoms with van der Waals surface area (Å²) in [6.45, 7) is 1.70. The van der Waals surface area contributed by atoms with Crippen molar-refractivity contribution in [2.75, 3.05) is 0 Å². The first-order valence-corrected chi connectivity index (χ1v) is 4.32. The van der Waals surface area contributed by atoms with E-state index in [0.29, 0.717) is 12.8 Å². The molecule has 0 amide bonds. The van der Waals surface area contributed by atoms with E-state index in [0.717, 1.165) is 0 Å². The van der Waals surface area contributed by atoms with Gasteiger partial charge in [-0.15, -0.1) is 0 Å². The number of allylic oxidation sites excluding steroid dienone is 1. The minimum absolute atomic E-state index is 0.243. The van der Waals surface area contributed by atoms with Crippen molar-refractivity contribution in [3.8, 4) is 0 Å². The number of aliphatic carboxylic acids is 1. The second-order valence-electron chi connectivity index (χ2n) is 3.16. The number of carboxylic acids is 1. The molecule has 5 heteroatoms. The molecular weight excluding hydrogens is 192 g/mol. The first-order valence-electron chi connectivity index (χ1n) is 4.32. The molecule has 0 saturated heterocycles. The molecule has 3 nitrogen and oxygen atoms in total. The molecule has 1 N–H and O–H groups in total. The Kier molecular flexibility index (Phi) is 3.33. The van der Waals surface area contributed by atoms with Crippen LogP contribution in [0.3, 0.4) is 0 Å². The van der Waals surface area contributed by atoms with Gasteiger partial charge < -0.3 is 5.11 Å². The normalized spacial score (nSPS) is 22.7. The summed E-state index contributed by atoms with van der Waals surface area (Å²) in [6.07, 6.45) is -0.426. The third kappa shape index (κ3) is 2.37. The van der Waals surface area contributed by atoms with Crippen molar-refractivity contribution < 1.29 is 18.7 Å². The lowest BCUT2D eigenvalue weighted by Gasteiger charge is -2.06. The van der Waals surface area contributed by atoms with E-state index in [2.05, 4.69) is 4.99 Å². The molecule has 1 aliphatic rings. The Hall–Kier alpha value is -1.26. The van der Waals surface area contributed by atoms with Crippen LogP contribution in [0.15, 0.2) is 16.6 Å². The highest BCUT2D eigenvalue weighted by Crippen LogP contribution is 2.17. The zero-order valence-corrected chi connectivity index (χ0v) is 7.70. The van der Waals surface area contributed by atoms with E-state index in [9.17, 15) is 13.6 Å². The predicted octanol–water partition coefficient (Wildman–Crippen LogP) is 1.89. The summed E-state index contributed by atoms with van der Waals surface area (Å²) in [4.78, 5) is 14.3. The molecule has 0 radical (unpaired) electrons. The summed E-state index contributed by atoms with van der Waals surface area (Å²) in [5.41, 5.74) is -0.952. The van der Waals surface area contributed by atoms with Crippen LogP contribution in [0, 0.1) is 0 Å². The van der Waals surface area contributed by atoms with E-state index >= 15 is 0 Å². The first-order chi connectivity index (χ1) is 6.52. The van der Waals surface area contributed by atoms with Gasteiger partial charge in [0.1, 0.15) is 5.71 Å². The maximum atomic E-state index is 12.4. The van der Waals surface area contributed by atoms with Crippen LogP contribution in [-0.2, 0) is 4.79 Å². The number of carbonyl (C=O) groups is 1. The number of aliphatic imine (C=N–C) groups is 1. The van der Waals surface area contributed by atoms with E-state index in [1.165, 1.54) is 6.08 Å². The predicted molar refractivity (Wildman–Crippen MR) is 47.9 cm³/mol. The largest absolute Gasteiger partial charge is 0.478 e. The maximum Gasteiger partial charge on any atom is 0.337 e. The summed E-state index contributed by atoms with van der Waals surface area (Å²) in [5.74, 6) is -1.34. The van der Waals surface area contributed by atoms with Crippen molar-refractivity contribution in [3.63, 3.8) is 0 Å². The fourth-order valence-corrected chi connectivity index (χ4v) is 1.32. The van der Waals surface area contributed by atoms with E-state index in [4.69, 9.17) is 5.11 Å². The average molecular weight is 203 g/mol. The van der Waals surface area contributed by atoms with Gasteiger partial charge in [-0.05, 0) is 19.8 Å². The van der Waals surface area contributed by atoms with Gasteiger partial charge >= 0.3 is 5.97 Å². The van der Waals surface area contributed by atoms with Crippen molar-refractivity contribution in [3.05, 3.63) is 11.6 Å². The van der Waals surface area contributed by atoms with E-state index in [1.807, 2.05) is 0 Å². The highest BCUT2D eigenvalue weighted by atomic mass is 19.3. The molecule has 1 atom stereocenters. The molecule has 1 rings (SSSR count). The minimum Gasteiger partial charge on any atom is -0.478 e. The second kappa shape index (κ2) is 4.30. The second-order valence-corrected chi connectivity index (χ2v) is 3.16. The van der Waals surface area contributed by atoms with Gasteiger partial charge in [-0.2, -0.15) is 0 Å². The highest BCUT2D eigenvalue weighted by molar-refractivity contribution is 6.20. The van der Waals surface area contributed by atoms with Gasteiger partial charge in [0.15, 0.2) is 0 Å². The third-order valence-corrected chi connectivity index (χ3v) is 2.01. The van der Waals surface area contributed by atoms with Gasteiger partial charge in [-0.1, -0.05) is 6.08 Å². The van der Waals surface area contributed by atoms with Crippen molar-refractivity contribution >= 4 is 11.7 Å². The molecule has 0 fully saturated rings. The van der Waals surface area contributed by atoms with Crippen LogP contribution in [0.5, 0.6) is 0 Å². The lowest BCUT2D eigenvalue weighted by Crippen LogP contribution is -2.20. The van der Waals surface area contributed by atoms with E-state index in [-0.39, 0.29) is 11.6 Å². The van der Waals surface area contributed by atoms with E-state index < -0.39 is 18.1 Å². The molecule has 0 aromatic carbocycles. The number of alkyl halides is 2. The summed E-state index contributed by atoms with van der Waals surface area (Å²) in [6, 6.07) is -0.243. The summed E-state index contributed by atoms with van der Waals surface area (Å²) < 4.78 is 24.9. The maximum absolute atomic E-state index is 12.4. The molecule has 0 bridgehead atoms. The zero-order valence-electron chi connectivity index (χ0n) is 7.70. The number of hydrogen-bond donors (Lipinski definition) is 1. The van der Waals surface area contributed by atoms with Gasteiger partial charge in [0.25, 0.3) is 6.43 Å². The van der Waals surface area contributed by atoms with Crippen LogP contribution in [0.25, 0.3) is 0 Å². The molecule has 0 spiro atoms. The van der Waals surface area contributed by atoms with Crippen molar-refractivity contribution in [1.82, 2.24) is 0 Å². The Morgan fingerprint density at radius 1 is 1.71 bits per heavy atom. The molecule has 78 valence electrons. The Bertz CT molecular complexity index is 297. The molecule has 1 aliphatic heterocycles. The number of halogens is 2. The van der Waals surface area contributed by atoms with Gasteiger partial charge in [-0.3, -0.25) is 4.99 Å². The van der Waals surface area contributed by atoms with Crippen LogP contribution in [0.2, 0.25) is 0 Å². The van der Waals surface area contributed by atoms with Crippen LogP contribution >= 0.6 is 0 Å².